The number of pyridine rings is 1. The smallest absolute Gasteiger partial charge is 0.201 e. The van der Waals surface area contributed by atoms with Gasteiger partial charge in [0.1, 0.15) is 7.05 Å². The number of nitrogens with zero attached hydrogens (tertiary/aromatic N) is 1. The fourth-order valence-electron chi connectivity index (χ4n) is 3.21. The van der Waals surface area contributed by atoms with Crippen molar-refractivity contribution in [3.05, 3.63) is 52.7 Å². The molecule has 1 heteroatoms. The van der Waals surface area contributed by atoms with Crippen LogP contribution in [0.5, 0.6) is 0 Å². The minimum Gasteiger partial charge on any atom is -0.201 e. The molecule has 0 saturated carbocycles. The number of hydrogen-bond donors (Lipinski definition) is 0. The third-order valence-electron chi connectivity index (χ3n) is 3.85. The number of aromatic nitrogens is 1. The SMILES string of the molecule is Cc1cc(C)c(-c2ccc(CC(C)(C)C)cc2C)[n+](C)c1. The van der Waals surface area contributed by atoms with Crippen LogP contribution in [0.3, 0.4) is 0 Å². The van der Waals surface area contributed by atoms with Crippen molar-refractivity contribution in [3.63, 3.8) is 0 Å². The molecule has 2 rings (SSSR count). The molecule has 0 N–H and O–H groups in total. The molecular weight excluding hydrogens is 254 g/mol. The molecule has 0 aliphatic heterocycles. The molecule has 0 aliphatic carbocycles. The van der Waals surface area contributed by atoms with Crippen LogP contribution in [0.4, 0.5) is 0 Å². The molecule has 112 valence electrons. The lowest BCUT2D eigenvalue weighted by Gasteiger charge is -2.19. The van der Waals surface area contributed by atoms with Gasteiger partial charge in [-0.25, -0.2) is 4.57 Å². The van der Waals surface area contributed by atoms with Crippen molar-refractivity contribution in [1.29, 1.82) is 0 Å². The molecule has 0 bridgehead atoms. The topological polar surface area (TPSA) is 3.88 Å². The molecule has 0 unspecified atom stereocenters. The van der Waals surface area contributed by atoms with Gasteiger partial charge in [0, 0.05) is 16.7 Å². The summed E-state index contributed by atoms with van der Waals surface area (Å²) in [5.74, 6) is 0. The van der Waals surface area contributed by atoms with Gasteiger partial charge in [-0.15, -0.1) is 0 Å². The summed E-state index contributed by atoms with van der Waals surface area (Å²) in [5, 5.41) is 0. The predicted molar refractivity (Wildman–Crippen MR) is 90.4 cm³/mol. The number of aryl methyl sites for hydroxylation is 4. The summed E-state index contributed by atoms with van der Waals surface area (Å²) in [6.45, 7) is 13.4. The Morgan fingerprint density at radius 2 is 1.62 bits per heavy atom. The van der Waals surface area contributed by atoms with E-state index >= 15 is 0 Å². The summed E-state index contributed by atoms with van der Waals surface area (Å²) in [5.41, 5.74) is 8.42. The Morgan fingerprint density at radius 3 is 2.14 bits per heavy atom. The van der Waals surface area contributed by atoms with Gasteiger partial charge in [-0.2, -0.15) is 0 Å². The van der Waals surface area contributed by atoms with E-state index in [1.165, 1.54) is 33.5 Å². The highest BCUT2D eigenvalue weighted by Gasteiger charge is 2.18. The van der Waals surface area contributed by atoms with E-state index in [4.69, 9.17) is 0 Å². The Hall–Kier alpha value is -1.63. The van der Waals surface area contributed by atoms with Gasteiger partial charge in [0.15, 0.2) is 6.20 Å². The second-order valence-electron chi connectivity index (χ2n) is 7.55. The summed E-state index contributed by atoms with van der Waals surface area (Å²) in [4.78, 5) is 0. The van der Waals surface area contributed by atoms with Crippen molar-refractivity contribution in [1.82, 2.24) is 0 Å². The Labute approximate surface area is 129 Å². The largest absolute Gasteiger partial charge is 0.215 e. The van der Waals surface area contributed by atoms with E-state index in [9.17, 15) is 0 Å². The third-order valence-corrected chi connectivity index (χ3v) is 3.85. The molecule has 2 aromatic rings. The van der Waals surface area contributed by atoms with E-state index in [0.717, 1.165) is 6.42 Å². The first-order chi connectivity index (χ1) is 9.67. The van der Waals surface area contributed by atoms with Crippen LogP contribution in [-0.4, -0.2) is 0 Å². The minimum absolute atomic E-state index is 0.332. The first-order valence-corrected chi connectivity index (χ1v) is 7.74. The Balaban J connectivity index is 2.47. The highest BCUT2D eigenvalue weighted by Crippen LogP contribution is 2.27. The number of hydrogen-bond acceptors (Lipinski definition) is 0. The van der Waals surface area contributed by atoms with Crippen molar-refractivity contribution < 1.29 is 4.57 Å². The highest BCUT2D eigenvalue weighted by molar-refractivity contribution is 5.64. The lowest BCUT2D eigenvalue weighted by atomic mass is 9.86. The first-order valence-electron chi connectivity index (χ1n) is 7.74. The van der Waals surface area contributed by atoms with Crippen LogP contribution in [0.1, 0.15) is 43.0 Å². The molecule has 0 amide bonds. The Kier molecular flexibility index (Phi) is 4.22. The summed E-state index contributed by atoms with van der Waals surface area (Å²) < 4.78 is 2.25. The van der Waals surface area contributed by atoms with Crippen LogP contribution >= 0.6 is 0 Å². The van der Waals surface area contributed by atoms with E-state index in [2.05, 4.69) is 83.6 Å². The first kappa shape index (κ1) is 15.8. The van der Waals surface area contributed by atoms with E-state index in [1.807, 2.05) is 0 Å². The quantitative estimate of drug-likeness (QED) is 0.703. The molecule has 0 aliphatic rings. The van der Waals surface area contributed by atoms with Crippen LogP contribution < -0.4 is 4.57 Å². The van der Waals surface area contributed by atoms with Crippen molar-refractivity contribution >= 4 is 0 Å². The second-order valence-corrected chi connectivity index (χ2v) is 7.55. The van der Waals surface area contributed by atoms with Gasteiger partial charge >= 0.3 is 0 Å². The van der Waals surface area contributed by atoms with Crippen molar-refractivity contribution in [2.24, 2.45) is 12.5 Å². The average molecular weight is 282 g/mol. The molecule has 1 nitrogen and oxygen atoms in total. The molecule has 1 aromatic heterocycles. The highest BCUT2D eigenvalue weighted by atomic mass is 14.9. The maximum absolute atomic E-state index is 2.35. The van der Waals surface area contributed by atoms with Crippen molar-refractivity contribution in [3.8, 4) is 11.3 Å². The van der Waals surface area contributed by atoms with Gasteiger partial charge in [-0.1, -0.05) is 32.9 Å². The fourth-order valence-corrected chi connectivity index (χ4v) is 3.21. The molecule has 21 heavy (non-hydrogen) atoms. The number of rotatable bonds is 2. The van der Waals surface area contributed by atoms with Gasteiger partial charge in [0.2, 0.25) is 5.69 Å². The summed E-state index contributed by atoms with van der Waals surface area (Å²) in [6, 6.07) is 9.18. The van der Waals surface area contributed by atoms with Gasteiger partial charge in [0.05, 0.1) is 0 Å². The van der Waals surface area contributed by atoms with E-state index in [0.29, 0.717) is 5.41 Å². The maximum atomic E-state index is 2.35. The lowest BCUT2D eigenvalue weighted by Crippen LogP contribution is -2.32. The summed E-state index contributed by atoms with van der Waals surface area (Å²) in [6.07, 6.45) is 3.32. The predicted octanol–water partition coefficient (Wildman–Crippen LogP) is 4.69. The molecule has 0 saturated heterocycles. The van der Waals surface area contributed by atoms with E-state index in [1.54, 1.807) is 0 Å². The standard InChI is InChI=1S/C20H28N/c1-14-10-16(3)19(21(7)13-14)18-9-8-17(11-15(18)2)12-20(4,5)6/h8-11,13H,12H2,1-7H3/q+1. The lowest BCUT2D eigenvalue weighted by molar-refractivity contribution is -0.661. The molecule has 0 atom stereocenters. The zero-order valence-electron chi connectivity index (χ0n) is 14.5. The van der Waals surface area contributed by atoms with Crippen LogP contribution in [-0.2, 0) is 13.5 Å². The fraction of sp³-hybridized carbons (Fsp3) is 0.450. The molecule has 1 heterocycles. The molecule has 0 fully saturated rings. The van der Waals surface area contributed by atoms with Crippen molar-refractivity contribution in [2.75, 3.05) is 0 Å². The van der Waals surface area contributed by atoms with Gasteiger partial charge < -0.3 is 0 Å². The van der Waals surface area contributed by atoms with Crippen LogP contribution in [0.2, 0.25) is 0 Å². The van der Waals surface area contributed by atoms with E-state index < -0.39 is 0 Å². The van der Waals surface area contributed by atoms with Crippen LogP contribution in [0.15, 0.2) is 30.5 Å². The van der Waals surface area contributed by atoms with Crippen LogP contribution in [0, 0.1) is 26.2 Å². The zero-order valence-corrected chi connectivity index (χ0v) is 14.5. The maximum Gasteiger partial charge on any atom is 0.215 e. The molecule has 1 aromatic carbocycles. The Bertz CT molecular complexity index is 637. The monoisotopic (exact) mass is 282 g/mol. The number of benzene rings is 1. The normalized spacial score (nSPS) is 11.8. The molecular formula is C20H28N+. The van der Waals surface area contributed by atoms with Gasteiger partial charge in [-0.3, -0.25) is 0 Å². The van der Waals surface area contributed by atoms with Crippen molar-refractivity contribution in [2.45, 2.75) is 48.0 Å². The molecule has 0 spiro atoms. The van der Waals surface area contributed by atoms with Crippen LogP contribution in [0.25, 0.3) is 11.3 Å². The van der Waals surface area contributed by atoms with E-state index in [-0.39, 0.29) is 0 Å². The minimum atomic E-state index is 0.332. The Morgan fingerprint density at radius 1 is 0.952 bits per heavy atom. The van der Waals surface area contributed by atoms with Gasteiger partial charge in [0.25, 0.3) is 0 Å². The van der Waals surface area contributed by atoms with Gasteiger partial charge in [-0.05, 0) is 55.9 Å². The zero-order chi connectivity index (χ0) is 15.8. The molecule has 0 radical (unpaired) electrons. The summed E-state index contributed by atoms with van der Waals surface area (Å²) >= 11 is 0. The third kappa shape index (κ3) is 3.72. The second kappa shape index (κ2) is 5.63. The average Bonchev–Trinajstić information content (AvgIpc) is 2.28. The summed E-state index contributed by atoms with van der Waals surface area (Å²) in [7, 11) is 2.14.